The Morgan fingerprint density at radius 3 is 3.00 bits per heavy atom. The molecule has 1 aliphatic heterocycles. The van der Waals surface area contributed by atoms with Gasteiger partial charge >= 0.3 is 5.82 Å². The smallest absolute Gasteiger partial charge is 0.364 e. The van der Waals surface area contributed by atoms with Crippen molar-refractivity contribution in [1.29, 1.82) is 0 Å². The molecule has 0 aliphatic carbocycles. The van der Waals surface area contributed by atoms with Gasteiger partial charge in [-0.2, -0.15) is 0 Å². The molecule has 94 valence electrons. The summed E-state index contributed by atoms with van der Waals surface area (Å²) in [5, 5.41) is 17.2. The van der Waals surface area contributed by atoms with Crippen molar-refractivity contribution in [2.24, 2.45) is 13.0 Å². The van der Waals surface area contributed by atoms with Gasteiger partial charge in [0.2, 0.25) is 12.1 Å². The Labute approximate surface area is 99.4 Å². The lowest BCUT2D eigenvalue weighted by molar-refractivity contribution is -0.388. The van der Waals surface area contributed by atoms with Crippen molar-refractivity contribution in [3.8, 4) is 0 Å². The molecular formula is C10H17N5O2. The lowest BCUT2D eigenvalue weighted by Gasteiger charge is -2.22. The van der Waals surface area contributed by atoms with Crippen molar-refractivity contribution >= 4 is 11.6 Å². The first-order valence-corrected chi connectivity index (χ1v) is 5.78. The van der Waals surface area contributed by atoms with Crippen LogP contribution in [0.2, 0.25) is 0 Å². The summed E-state index contributed by atoms with van der Waals surface area (Å²) in [6, 6.07) is 0. The molecule has 17 heavy (non-hydrogen) atoms. The van der Waals surface area contributed by atoms with Crippen molar-refractivity contribution in [3.63, 3.8) is 0 Å². The molecule has 7 heteroatoms. The molecule has 7 nitrogen and oxygen atoms in total. The normalized spacial score (nSPS) is 17.0. The number of aromatic nitrogens is 2. The van der Waals surface area contributed by atoms with E-state index in [9.17, 15) is 10.1 Å². The van der Waals surface area contributed by atoms with Crippen LogP contribution < -0.4 is 10.6 Å². The number of nitrogens with one attached hydrogen (secondary N) is 2. The zero-order chi connectivity index (χ0) is 12.3. The lowest BCUT2D eigenvalue weighted by Crippen LogP contribution is -2.31. The van der Waals surface area contributed by atoms with Crippen molar-refractivity contribution in [2.75, 3.05) is 25.0 Å². The second-order valence-corrected chi connectivity index (χ2v) is 4.36. The maximum atomic E-state index is 10.8. The molecule has 1 saturated heterocycles. The highest BCUT2D eigenvalue weighted by molar-refractivity contribution is 5.51. The van der Waals surface area contributed by atoms with E-state index < -0.39 is 4.92 Å². The summed E-state index contributed by atoms with van der Waals surface area (Å²) in [6.45, 7) is 2.82. The minimum atomic E-state index is -0.454. The molecule has 2 N–H and O–H groups in total. The Kier molecular flexibility index (Phi) is 3.58. The molecule has 0 bridgehead atoms. The number of aryl methyl sites for hydroxylation is 1. The number of hydrogen-bond acceptors (Lipinski definition) is 5. The fourth-order valence-corrected chi connectivity index (χ4v) is 2.08. The monoisotopic (exact) mass is 239 g/mol. The molecule has 1 fully saturated rings. The van der Waals surface area contributed by atoms with E-state index in [1.165, 1.54) is 6.33 Å². The summed E-state index contributed by atoms with van der Waals surface area (Å²) in [6.07, 6.45) is 3.68. The number of hydrogen-bond donors (Lipinski definition) is 2. The van der Waals surface area contributed by atoms with Crippen molar-refractivity contribution in [3.05, 3.63) is 16.4 Å². The minimum absolute atomic E-state index is 0.0959. The van der Waals surface area contributed by atoms with Crippen LogP contribution in [-0.2, 0) is 7.05 Å². The third kappa shape index (κ3) is 2.73. The van der Waals surface area contributed by atoms with Gasteiger partial charge in [0.25, 0.3) is 0 Å². The van der Waals surface area contributed by atoms with Gasteiger partial charge in [0.05, 0.1) is 0 Å². The number of imidazole rings is 1. The largest absolute Gasteiger partial charge is 0.406 e. The van der Waals surface area contributed by atoms with Gasteiger partial charge < -0.3 is 20.7 Å². The lowest BCUT2D eigenvalue weighted by atomic mass is 9.98. The fourth-order valence-electron chi connectivity index (χ4n) is 2.08. The van der Waals surface area contributed by atoms with E-state index in [2.05, 4.69) is 15.6 Å². The molecule has 1 aromatic rings. The minimum Gasteiger partial charge on any atom is -0.364 e. The highest BCUT2D eigenvalue weighted by atomic mass is 16.6. The predicted molar refractivity (Wildman–Crippen MR) is 63.9 cm³/mol. The molecule has 0 radical (unpaired) electrons. The predicted octanol–water partition coefficient (Wildman–Crippen LogP) is 0.740. The van der Waals surface area contributed by atoms with E-state index >= 15 is 0 Å². The van der Waals surface area contributed by atoms with Crippen LogP contribution in [0.25, 0.3) is 0 Å². The summed E-state index contributed by atoms with van der Waals surface area (Å²) in [4.78, 5) is 14.1. The first-order chi connectivity index (χ1) is 8.18. The number of anilines is 1. The molecular weight excluding hydrogens is 222 g/mol. The second kappa shape index (κ2) is 5.13. The Hall–Kier alpha value is -1.63. The maximum absolute atomic E-state index is 10.8. The van der Waals surface area contributed by atoms with Crippen molar-refractivity contribution < 1.29 is 4.92 Å². The summed E-state index contributed by atoms with van der Waals surface area (Å²) >= 11 is 0. The number of piperidine rings is 1. The SMILES string of the molecule is Cn1cnc([N+](=O)[O-])c1NCC1CCNCC1. The van der Waals surface area contributed by atoms with Gasteiger partial charge in [-0.25, -0.2) is 0 Å². The van der Waals surface area contributed by atoms with Gasteiger partial charge in [0.15, 0.2) is 0 Å². The third-order valence-electron chi connectivity index (χ3n) is 3.11. The summed E-state index contributed by atoms with van der Waals surface area (Å²) < 4.78 is 1.65. The van der Waals surface area contributed by atoms with Crippen molar-refractivity contribution in [1.82, 2.24) is 14.9 Å². The Morgan fingerprint density at radius 2 is 2.35 bits per heavy atom. The quantitative estimate of drug-likeness (QED) is 0.598. The zero-order valence-electron chi connectivity index (χ0n) is 9.85. The van der Waals surface area contributed by atoms with Gasteiger partial charge in [-0.05, 0) is 41.8 Å². The van der Waals surface area contributed by atoms with E-state index in [1.807, 2.05) is 0 Å². The third-order valence-corrected chi connectivity index (χ3v) is 3.11. The topological polar surface area (TPSA) is 85.0 Å². The van der Waals surface area contributed by atoms with E-state index in [1.54, 1.807) is 11.6 Å². The van der Waals surface area contributed by atoms with E-state index in [0.717, 1.165) is 32.5 Å². The van der Waals surface area contributed by atoms with Gasteiger partial charge in [-0.1, -0.05) is 0 Å². The molecule has 0 saturated carbocycles. The van der Waals surface area contributed by atoms with Gasteiger partial charge in [0, 0.05) is 13.6 Å². The highest BCUT2D eigenvalue weighted by Crippen LogP contribution is 2.22. The molecule has 2 rings (SSSR count). The number of rotatable bonds is 4. The maximum Gasteiger partial charge on any atom is 0.406 e. The van der Waals surface area contributed by atoms with Crippen LogP contribution in [0.15, 0.2) is 6.33 Å². The molecule has 0 atom stereocenters. The molecule has 0 aromatic carbocycles. The van der Waals surface area contributed by atoms with Crippen molar-refractivity contribution in [2.45, 2.75) is 12.8 Å². The molecule has 1 aromatic heterocycles. The Balaban J connectivity index is 1.97. The standard InChI is InChI=1S/C10H17N5O2/c1-14-7-13-10(15(16)17)9(14)12-6-8-2-4-11-5-3-8/h7-8,11-12H,2-6H2,1H3. The molecule has 0 spiro atoms. The van der Waals surface area contributed by atoms with E-state index in [4.69, 9.17) is 0 Å². The van der Waals surface area contributed by atoms with Gasteiger partial charge in [-0.3, -0.25) is 4.57 Å². The van der Waals surface area contributed by atoms with Crippen LogP contribution >= 0.6 is 0 Å². The average molecular weight is 239 g/mol. The number of nitro groups is 1. The zero-order valence-corrected chi connectivity index (χ0v) is 9.85. The van der Waals surface area contributed by atoms with E-state index in [0.29, 0.717) is 11.7 Å². The summed E-state index contributed by atoms with van der Waals surface area (Å²) in [5.41, 5.74) is 0. The van der Waals surface area contributed by atoms with Crippen LogP contribution in [0, 0.1) is 16.0 Å². The van der Waals surface area contributed by atoms with Crippen LogP contribution in [-0.4, -0.2) is 34.1 Å². The highest BCUT2D eigenvalue weighted by Gasteiger charge is 2.21. The molecule has 1 aliphatic rings. The molecule has 2 heterocycles. The Morgan fingerprint density at radius 1 is 1.65 bits per heavy atom. The summed E-state index contributed by atoms with van der Waals surface area (Å²) in [7, 11) is 1.75. The van der Waals surface area contributed by atoms with Crippen LogP contribution in [0.4, 0.5) is 11.6 Å². The Bertz CT molecular complexity index is 397. The van der Waals surface area contributed by atoms with Crippen LogP contribution in [0.1, 0.15) is 12.8 Å². The van der Waals surface area contributed by atoms with Crippen LogP contribution in [0.3, 0.4) is 0 Å². The fraction of sp³-hybridized carbons (Fsp3) is 0.700. The number of nitrogens with zero attached hydrogens (tertiary/aromatic N) is 3. The van der Waals surface area contributed by atoms with Crippen LogP contribution in [0.5, 0.6) is 0 Å². The van der Waals surface area contributed by atoms with Gasteiger partial charge in [0.1, 0.15) is 0 Å². The van der Waals surface area contributed by atoms with E-state index in [-0.39, 0.29) is 5.82 Å². The summed E-state index contributed by atoms with van der Waals surface area (Å²) in [5.74, 6) is 0.973. The average Bonchev–Trinajstić information content (AvgIpc) is 2.69. The second-order valence-electron chi connectivity index (χ2n) is 4.36. The first-order valence-electron chi connectivity index (χ1n) is 5.78. The van der Waals surface area contributed by atoms with Gasteiger partial charge in [-0.15, -0.1) is 0 Å². The molecule has 0 amide bonds. The first kappa shape index (κ1) is 11.8. The molecule has 0 unspecified atom stereocenters.